The fraction of sp³-hybridized carbons (Fsp3) is 0.389. The van der Waals surface area contributed by atoms with Crippen LogP contribution in [0.25, 0.3) is 0 Å². The predicted octanol–water partition coefficient (Wildman–Crippen LogP) is 1.07. The summed E-state index contributed by atoms with van der Waals surface area (Å²) in [6.07, 6.45) is 0. The third kappa shape index (κ3) is 3.60. The van der Waals surface area contributed by atoms with Gasteiger partial charge in [0.05, 0.1) is 6.54 Å². The van der Waals surface area contributed by atoms with E-state index < -0.39 is 17.0 Å². The van der Waals surface area contributed by atoms with Gasteiger partial charge in [-0.25, -0.2) is 9.18 Å². The zero-order valence-electron chi connectivity index (χ0n) is 15.3. The van der Waals surface area contributed by atoms with Crippen LogP contribution in [0.2, 0.25) is 0 Å². The van der Waals surface area contributed by atoms with Gasteiger partial charge < -0.3 is 5.73 Å². The first-order valence-electron chi connectivity index (χ1n) is 8.27. The number of halogens is 1. The molecule has 2 N–H and O–H groups in total. The van der Waals surface area contributed by atoms with Crippen LogP contribution in [0.4, 0.5) is 10.2 Å². The van der Waals surface area contributed by atoms with Crippen LogP contribution in [0.3, 0.4) is 0 Å². The van der Waals surface area contributed by atoms with E-state index in [9.17, 15) is 18.8 Å². The van der Waals surface area contributed by atoms with E-state index in [0.717, 1.165) is 14.7 Å². The number of nitrogen functional groups attached to an aromatic ring is 1. The highest BCUT2D eigenvalue weighted by Crippen LogP contribution is 2.20. The number of benzene rings is 1. The number of aromatic nitrogens is 2. The van der Waals surface area contributed by atoms with Crippen LogP contribution in [-0.4, -0.2) is 32.9 Å². The summed E-state index contributed by atoms with van der Waals surface area (Å²) in [7, 11) is 2.71. The fourth-order valence-corrected chi connectivity index (χ4v) is 2.86. The van der Waals surface area contributed by atoms with E-state index in [1.807, 2.05) is 18.7 Å². The lowest BCUT2D eigenvalue weighted by Gasteiger charge is -2.27. The van der Waals surface area contributed by atoms with Crippen molar-refractivity contribution in [3.63, 3.8) is 0 Å². The summed E-state index contributed by atoms with van der Waals surface area (Å²) in [4.78, 5) is 38.8. The number of rotatable bonds is 6. The van der Waals surface area contributed by atoms with Gasteiger partial charge in [0.25, 0.3) is 5.56 Å². The van der Waals surface area contributed by atoms with Gasteiger partial charge in [-0.05, 0) is 31.2 Å². The Morgan fingerprint density at radius 2 is 1.77 bits per heavy atom. The van der Waals surface area contributed by atoms with Crippen molar-refractivity contribution in [3.8, 4) is 0 Å². The molecular weight excluding hydrogens is 339 g/mol. The Bertz CT molecular complexity index is 931. The van der Waals surface area contributed by atoms with Crippen LogP contribution in [-0.2, 0) is 14.1 Å². The maximum absolute atomic E-state index is 13.1. The molecule has 1 heterocycles. The molecule has 0 fully saturated rings. The van der Waals surface area contributed by atoms with Crippen molar-refractivity contribution in [1.29, 1.82) is 0 Å². The molecule has 0 saturated carbocycles. The molecule has 0 bridgehead atoms. The van der Waals surface area contributed by atoms with Crippen molar-refractivity contribution in [2.75, 3.05) is 18.8 Å². The van der Waals surface area contributed by atoms with Crippen molar-refractivity contribution in [2.45, 2.75) is 19.9 Å². The van der Waals surface area contributed by atoms with Crippen molar-refractivity contribution in [1.82, 2.24) is 14.0 Å². The third-order valence-electron chi connectivity index (χ3n) is 4.64. The Morgan fingerprint density at radius 3 is 2.31 bits per heavy atom. The minimum atomic E-state index is -0.707. The van der Waals surface area contributed by atoms with Crippen molar-refractivity contribution < 1.29 is 9.18 Å². The van der Waals surface area contributed by atoms with E-state index in [1.54, 1.807) is 12.1 Å². The molecule has 26 heavy (non-hydrogen) atoms. The SMILES string of the molecule is CCN(CC(=O)c1c(N)n(C)c(=O)n(C)c1=O)[C@H](C)c1ccc(F)cc1. The maximum atomic E-state index is 13.1. The predicted molar refractivity (Wildman–Crippen MR) is 97.7 cm³/mol. The number of nitrogens with zero attached hydrogens (tertiary/aromatic N) is 3. The lowest BCUT2D eigenvalue weighted by atomic mass is 10.1. The Kier molecular flexibility index (Phi) is 5.76. The van der Waals surface area contributed by atoms with Gasteiger partial charge in [-0.1, -0.05) is 19.1 Å². The Hall–Kier alpha value is -2.74. The molecule has 0 aliphatic heterocycles. The van der Waals surface area contributed by atoms with Gasteiger partial charge >= 0.3 is 5.69 Å². The number of hydrogen-bond donors (Lipinski definition) is 1. The summed E-state index contributed by atoms with van der Waals surface area (Å²) in [5.74, 6) is -0.940. The minimum absolute atomic E-state index is 0.0489. The molecule has 0 spiro atoms. The topological polar surface area (TPSA) is 90.3 Å². The standard InChI is InChI=1S/C18H23FN4O3/c1-5-23(11(2)12-6-8-13(19)9-7-12)10-14(24)15-16(20)21(3)18(26)22(4)17(15)25/h6-9,11H,5,10,20H2,1-4H3/t11-/m1/s1. The van der Waals surface area contributed by atoms with E-state index in [2.05, 4.69) is 0 Å². The van der Waals surface area contributed by atoms with Gasteiger partial charge in [0.1, 0.15) is 17.2 Å². The number of carbonyl (C=O) groups excluding carboxylic acids is 1. The third-order valence-corrected chi connectivity index (χ3v) is 4.64. The van der Waals surface area contributed by atoms with Gasteiger partial charge in [-0.2, -0.15) is 0 Å². The van der Waals surface area contributed by atoms with Crippen molar-refractivity contribution in [3.05, 3.63) is 62.0 Å². The second kappa shape index (κ2) is 7.65. The minimum Gasteiger partial charge on any atom is -0.384 e. The van der Waals surface area contributed by atoms with Gasteiger partial charge in [0.2, 0.25) is 0 Å². The molecule has 2 aromatic rings. The molecule has 7 nitrogen and oxygen atoms in total. The second-order valence-corrected chi connectivity index (χ2v) is 6.18. The largest absolute Gasteiger partial charge is 0.384 e. The lowest BCUT2D eigenvalue weighted by molar-refractivity contribution is 0.0902. The Labute approximate surface area is 150 Å². The normalized spacial score (nSPS) is 12.4. The van der Waals surface area contributed by atoms with Crippen LogP contribution in [0.5, 0.6) is 0 Å². The molecule has 140 valence electrons. The van der Waals surface area contributed by atoms with Crippen LogP contribution in [0, 0.1) is 5.82 Å². The molecule has 0 aliphatic rings. The van der Waals surface area contributed by atoms with E-state index >= 15 is 0 Å². The van der Waals surface area contributed by atoms with E-state index in [0.29, 0.717) is 6.54 Å². The maximum Gasteiger partial charge on any atom is 0.332 e. The molecule has 1 atom stereocenters. The summed E-state index contributed by atoms with van der Waals surface area (Å²) < 4.78 is 15.1. The number of nitrogens with two attached hydrogens (primary N) is 1. The van der Waals surface area contributed by atoms with Gasteiger partial charge in [0, 0.05) is 20.1 Å². The molecule has 0 aliphatic carbocycles. The van der Waals surface area contributed by atoms with E-state index in [1.165, 1.54) is 26.2 Å². The van der Waals surface area contributed by atoms with E-state index in [-0.39, 0.29) is 29.8 Å². The summed E-state index contributed by atoms with van der Waals surface area (Å²) in [6, 6.07) is 5.88. The molecule has 2 rings (SSSR count). The summed E-state index contributed by atoms with van der Waals surface area (Å²) in [5.41, 5.74) is 5.20. The fourth-order valence-electron chi connectivity index (χ4n) is 2.86. The molecule has 1 aromatic heterocycles. The number of hydrogen-bond acceptors (Lipinski definition) is 5. The van der Waals surface area contributed by atoms with Gasteiger partial charge in [-0.3, -0.25) is 23.6 Å². The van der Waals surface area contributed by atoms with Crippen LogP contribution < -0.4 is 17.0 Å². The smallest absolute Gasteiger partial charge is 0.332 e. The molecule has 0 amide bonds. The number of ketones is 1. The highest BCUT2D eigenvalue weighted by atomic mass is 19.1. The van der Waals surface area contributed by atoms with Crippen LogP contribution >= 0.6 is 0 Å². The quantitative estimate of drug-likeness (QED) is 0.777. The summed E-state index contributed by atoms with van der Waals surface area (Å²) in [5, 5.41) is 0. The van der Waals surface area contributed by atoms with Crippen LogP contribution in [0.1, 0.15) is 35.8 Å². The van der Waals surface area contributed by atoms with Gasteiger partial charge in [0.15, 0.2) is 5.78 Å². The number of anilines is 1. The van der Waals surface area contributed by atoms with Crippen molar-refractivity contribution in [2.24, 2.45) is 14.1 Å². The second-order valence-electron chi connectivity index (χ2n) is 6.18. The van der Waals surface area contributed by atoms with Crippen LogP contribution in [0.15, 0.2) is 33.9 Å². The first-order chi connectivity index (χ1) is 12.2. The number of likely N-dealkylation sites (N-methyl/N-ethyl adjacent to an activating group) is 1. The molecule has 0 saturated heterocycles. The molecular formula is C18H23FN4O3. The Balaban J connectivity index is 2.35. The molecule has 0 unspecified atom stereocenters. The Morgan fingerprint density at radius 1 is 1.19 bits per heavy atom. The molecule has 0 radical (unpaired) electrons. The lowest BCUT2D eigenvalue weighted by Crippen LogP contribution is -2.43. The first-order valence-corrected chi connectivity index (χ1v) is 8.27. The van der Waals surface area contributed by atoms with E-state index in [4.69, 9.17) is 5.73 Å². The molecule has 1 aromatic carbocycles. The van der Waals surface area contributed by atoms with Crippen molar-refractivity contribution >= 4 is 11.6 Å². The zero-order chi connectivity index (χ0) is 19.6. The van der Waals surface area contributed by atoms with Gasteiger partial charge in [-0.15, -0.1) is 0 Å². The highest BCUT2D eigenvalue weighted by molar-refractivity contribution is 6.01. The average Bonchev–Trinajstić information content (AvgIpc) is 2.63. The number of carbonyl (C=O) groups is 1. The number of Topliss-reactive ketones (excluding diaryl/α,β-unsaturated/α-hetero) is 1. The average molecular weight is 362 g/mol. The zero-order valence-corrected chi connectivity index (χ0v) is 15.3. The first kappa shape index (κ1) is 19.6. The summed E-state index contributed by atoms with van der Waals surface area (Å²) in [6.45, 7) is 4.27. The summed E-state index contributed by atoms with van der Waals surface area (Å²) >= 11 is 0. The highest BCUT2D eigenvalue weighted by Gasteiger charge is 2.24. The molecule has 8 heteroatoms. The monoisotopic (exact) mass is 362 g/mol.